The van der Waals surface area contributed by atoms with E-state index < -0.39 is 5.97 Å². The summed E-state index contributed by atoms with van der Waals surface area (Å²) in [7, 11) is 1.31. The van der Waals surface area contributed by atoms with Crippen LogP contribution in [0.4, 0.5) is 5.69 Å². The lowest BCUT2D eigenvalue weighted by Crippen LogP contribution is -2.14. The van der Waals surface area contributed by atoms with E-state index in [4.69, 9.17) is 9.47 Å². The molecule has 0 bridgehead atoms. The van der Waals surface area contributed by atoms with Crippen LogP contribution in [0, 0.1) is 6.92 Å². The van der Waals surface area contributed by atoms with Crippen LogP contribution >= 0.6 is 0 Å². The molecule has 0 radical (unpaired) electrons. The van der Waals surface area contributed by atoms with Gasteiger partial charge in [-0.1, -0.05) is 24.3 Å². The minimum absolute atomic E-state index is 0.324. The molecule has 0 aliphatic heterocycles. The maximum absolute atomic E-state index is 12.2. The second-order valence-corrected chi connectivity index (χ2v) is 5.31. The molecule has 0 aliphatic carbocycles. The molecule has 1 amide bonds. The van der Waals surface area contributed by atoms with Gasteiger partial charge in [0, 0.05) is 6.08 Å². The van der Waals surface area contributed by atoms with Crippen molar-refractivity contribution in [1.29, 1.82) is 0 Å². The van der Waals surface area contributed by atoms with Gasteiger partial charge in [-0.15, -0.1) is 0 Å². The number of rotatable bonds is 6. The number of esters is 1. The van der Waals surface area contributed by atoms with Crippen LogP contribution in [-0.4, -0.2) is 25.6 Å². The summed E-state index contributed by atoms with van der Waals surface area (Å²) < 4.78 is 10.1. The highest BCUT2D eigenvalue weighted by atomic mass is 16.5. The van der Waals surface area contributed by atoms with Gasteiger partial charge in [0.15, 0.2) is 0 Å². The van der Waals surface area contributed by atoms with Gasteiger partial charge in [0.25, 0.3) is 0 Å². The molecular formula is C20H21NO4. The Morgan fingerprint density at radius 1 is 1.12 bits per heavy atom. The lowest BCUT2D eigenvalue weighted by Gasteiger charge is -2.11. The average Bonchev–Trinajstić information content (AvgIpc) is 2.62. The Labute approximate surface area is 147 Å². The molecule has 0 saturated heterocycles. The zero-order valence-electron chi connectivity index (χ0n) is 14.5. The first-order chi connectivity index (χ1) is 12.0. The average molecular weight is 339 g/mol. The van der Waals surface area contributed by atoms with E-state index in [0.717, 1.165) is 16.9 Å². The number of hydrogen-bond acceptors (Lipinski definition) is 4. The molecule has 130 valence electrons. The van der Waals surface area contributed by atoms with E-state index in [1.54, 1.807) is 18.2 Å². The molecule has 0 saturated carbocycles. The first kappa shape index (κ1) is 18.3. The minimum atomic E-state index is -0.491. The van der Waals surface area contributed by atoms with Gasteiger partial charge in [-0.05, 0) is 49.2 Å². The lowest BCUT2D eigenvalue weighted by atomic mass is 10.1. The van der Waals surface area contributed by atoms with Crippen molar-refractivity contribution in [2.45, 2.75) is 13.8 Å². The van der Waals surface area contributed by atoms with E-state index >= 15 is 0 Å². The van der Waals surface area contributed by atoms with Gasteiger partial charge < -0.3 is 14.8 Å². The number of anilines is 1. The Morgan fingerprint density at radius 3 is 2.48 bits per heavy atom. The summed E-state index contributed by atoms with van der Waals surface area (Å²) >= 11 is 0. The summed E-state index contributed by atoms with van der Waals surface area (Å²) in [5, 5.41) is 2.74. The molecule has 0 fully saturated rings. The van der Waals surface area contributed by atoms with Crippen LogP contribution in [0.1, 0.15) is 28.4 Å². The fraction of sp³-hybridized carbons (Fsp3) is 0.200. The van der Waals surface area contributed by atoms with Crippen LogP contribution in [0.3, 0.4) is 0 Å². The van der Waals surface area contributed by atoms with Gasteiger partial charge in [0.2, 0.25) is 5.91 Å². The predicted molar refractivity (Wildman–Crippen MR) is 97.8 cm³/mol. The molecule has 0 aromatic heterocycles. The number of benzene rings is 2. The molecular weight excluding hydrogens is 318 g/mol. The van der Waals surface area contributed by atoms with E-state index in [-0.39, 0.29) is 5.91 Å². The van der Waals surface area contributed by atoms with E-state index in [9.17, 15) is 9.59 Å². The van der Waals surface area contributed by atoms with Crippen LogP contribution in [0.2, 0.25) is 0 Å². The summed E-state index contributed by atoms with van der Waals surface area (Å²) in [5.74, 6) is -0.0328. The van der Waals surface area contributed by atoms with Crippen LogP contribution in [-0.2, 0) is 9.53 Å². The third-order valence-corrected chi connectivity index (χ3v) is 3.54. The van der Waals surface area contributed by atoms with Gasteiger partial charge in [-0.25, -0.2) is 4.79 Å². The van der Waals surface area contributed by atoms with Crippen molar-refractivity contribution in [3.63, 3.8) is 0 Å². The number of amides is 1. The summed E-state index contributed by atoms with van der Waals surface area (Å²) in [6, 6.07) is 12.6. The molecule has 2 aromatic rings. The number of aryl methyl sites for hydroxylation is 1. The topological polar surface area (TPSA) is 64.6 Å². The number of para-hydroxylation sites is 1. The Bertz CT molecular complexity index is 779. The fourth-order valence-electron chi connectivity index (χ4n) is 2.29. The number of carbonyl (C=O) groups excluding carboxylic acids is 2. The van der Waals surface area contributed by atoms with E-state index in [0.29, 0.717) is 17.9 Å². The zero-order chi connectivity index (χ0) is 18.2. The second-order valence-electron chi connectivity index (χ2n) is 5.31. The van der Waals surface area contributed by atoms with E-state index in [1.807, 2.05) is 44.2 Å². The molecule has 1 N–H and O–H groups in total. The van der Waals surface area contributed by atoms with Gasteiger partial charge >= 0.3 is 5.97 Å². The molecule has 2 rings (SSSR count). The molecule has 0 aliphatic rings. The minimum Gasteiger partial charge on any atom is -0.494 e. The second kappa shape index (κ2) is 8.68. The highest BCUT2D eigenvalue weighted by Crippen LogP contribution is 2.21. The summed E-state index contributed by atoms with van der Waals surface area (Å²) in [6.45, 7) is 4.35. The van der Waals surface area contributed by atoms with Crippen LogP contribution < -0.4 is 10.1 Å². The Hall–Kier alpha value is -3.08. The smallest absolute Gasteiger partial charge is 0.339 e. The molecule has 0 heterocycles. The van der Waals surface area contributed by atoms with Gasteiger partial charge in [-0.2, -0.15) is 0 Å². The first-order valence-corrected chi connectivity index (χ1v) is 7.95. The summed E-state index contributed by atoms with van der Waals surface area (Å²) in [4.78, 5) is 24.0. The van der Waals surface area contributed by atoms with Gasteiger partial charge in [-0.3, -0.25) is 4.79 Å². The summed E-state index contributed by atoms with van der Waals surface area (Å²) in [6.07, 6.45) is 3.12. The number of ether oxygens (including phenoxy) is 2. The lowest BCUT2D eigenvalue weighted by molar-refractivity contribution is -0.111. The van der Waals surface area contributed by atoms with Crippen molar-refractivity contribution in [2.75, 3.05) is 19.0 Å². The predicted octanol–water partition coefficient (Wildman–Crippen LogP) is 3.83. The Kier molecular flexibility index (Phi) is 6.34. The van der Waals surface area contributed by atoms with Crippen molar-refractivity contribution in [2.24, 2.45) is 0 Å². The van der Waals surface area contributed by atoms with Crippen molar-refractivity contribution in [1.82, 2.24) is 0 Å². The summed E-state index contributed by atoms with van der Waals surface area (Å²) in [5.41, 5.74) is 2.43. The third-order valence-electron chi connectivity index (χ3n) is 3.54. The van der Waals surface area contributed by atoms with Gasteiger partial charge in [0.1, 0.15) is 5.75 Å². The molecule has 25 heavy (non-hydrogen) atoms. The van der Waals surface area contributed by atoms with Crippen LogP contribution in [0.5, 0.6) is 5.75 Å². The van der Waals surface area contributed by atoms with Crippen molar-refractivity contribution in [3.8, 4) is 5.75 Å². The highest BCUT2D eigenvalue weighted by molar-refractivity contribution is 6.07. The van der Waals surface area contributed by atoms with Crippen LogP contribution in [0.25, 0.3) is 6.08 Å². The maximum atomic E-state index is 12.2. The number of nitrogens with one attached hydrogen (secondary N) is 1. The normalized spacial score (nSPS) is 10.5. The van der Waals surface area contributed by atoms with Crippen molar-refractivity contribution >= 4 is 23.6 Å². The van der Waals surface area contributed by atoms with Crippen LogP contribution in [0.15, 0.2) is 48.5 Å². The molecule has 0 spiro atoms. The Balaban J connectivity index is 2.11. The molecule has 5 nitrogen and oxygen atoms in total. The molecule has 0 unspecified atom stereocenters. The quantitative estimate of drug-likeness (QED) is 0.642. The van der Waals surface area contributed by atoms with Crippen molar-refractivity contribution in [3.05, 3.63) is 65.2 Å². The van der Waals surface area contributed by atoms with Gasteiger partial charge in [0.05, 0.1) is 25.0 Å². The Morgan fingerprint density at radius 2 is 1.84 bits per heavy atom. The largest absolute Gasteiger partial charge is 0.494 e. The number of methoxy groups -OCH3 is 1. The fourth-order valence-corrected chi connectivity index (χ4v) is 2.29. The van der Waals surface area contributed by atoms with Crippen molar-refractivity contribution < 1.29 is 19.1 Å². The third kappa shape index (κ3) is 4.94. The maximum Gasteiger partial charge on any atom is 0.339 e. The molecule has 0 atom stereocenters. The SMILES string of the molecule is CCOc1ccc(/C=C/C(=O)Nc2c(C)cccc2C(=O)OC)cc1. The zero-order valence-corrected chi connectivity index (χ0v) is 14.5. The monoisotopic (exact) mass is 339 g/mol. The highest BCUT2D eigenvalue weighted by Gasteiger charge is 2.14. The number of hydrogen-bond donors (Lipinski definition) is 1. The molecule has 2 aromatic carbocycles. The number of carbonyl (C=O) groups is 2. The van der Waals surface area contributed by atoms with E-state index in [2.05, 4.69) is 5.32 Å². The standard InChI is InChI=1S/C20H21NO4/c1-4-25-16-11-8-15(9-12-16)10-13-18(22)21-19-14(2)6-5-7-17(19)20(23)24-3/h5-13H,4H2,1-3H3,(H,21,22)/b13-10+. The van der Waals surface area contributed by atoms with E-state index in [1.165, 1.54) is 13.2 Å². The first-order valence-electron chi connectivity index (χ1n) is 7.95. The molecule has 5 heteroatoms.